The molecular formula is C12H11ClN4O4. The van der Waals surface area contributed by atoms with E-state index in [0.29, 0.717) is 17.2 Å². The Morgan fingerprint density at radius 2 is 2.05 bits per heavy atom. The minimum atomic E-state index is -0.652. The monoisotopic (exact) mass is 310 g/mol. The third-order valence-electron chi connectivity index (χ3n) is 2.62. The molecule has 1 N–H and O–H groups in total. The van der Waals surface area contributed by atoms with Crippen molar-refractivity contribution >= 4 is 28.8 Å². The maximum Gasteiger partial charge on any atom is 0.348 e. The lowest BCUT2D eigenvalue weighted by Gasteiger charge is -2.12. The van der Waals surface area contributed by atoms with Crippen molar-refractivity contribution in [3.8, 4) is 11.5 Å². The number of methoxy groups -OCH3 is 2. The fraction of sp³-hybridized carbons (Fsp3) is 0.167. The first-order chi connectivity index (χ1) is 10.1. The van der Waals surface area contributed by atoms with Gasteiger partial charge in [0.15, 0.2) is 0 Å². The maximum atomic E-state index is 11.0. The van der Waals surface area contributed by atoms with Gasteiger partial charge in [0.2, 0.25) is 11.0 Å². The third kappa shape index (κ3) is 3.11. The maximum absolute atomic E-state index is 11.0. The van der Waals surface area contributed by atoms with Gasteiger partial charge in [-0.3, -0.25) is 10.1 Å². The minimum absolute atomic E-state index is 0.0246. The summed E-state index contributed by atoms with van der Waals surface area (Å²) in [5.41, 5.74) is 0.0770. The van der Waals surface area contributed by atoms with E-state index < -0.39 is 10.6 Å². The molecule has 0 radical (unpaired) electrons. The molecule has 110 valence electrons. The molecule has 0 bridgehead atoms. The highest BCUT2D eigenvalue weighted by molar-refractivity contribution is 6.31. The Hall–Kier alpha value is -2.61. The highest BCUT2D eigenvalue weighted by Gasteiger charge is 2.22. The summed E-state index contributed by atoms with van der Waals surface area (Å²) in [7, 11) is 3.00. The van der Waals surface area contributed by atoms with Crippen LogP contribution in [0.15, 0.2) is 24.5 Å². The van der Waals surface area contributed by atoms with Gasteiger partial charge < -0.3 is 14.8 Å². The molecule has 1 aromatic heterocycles. The Kier molecular flexibility index (Phi) is 4.39. The molecule has 0 unspecified atom stereocenters. The molecule has 1 heterocycles. The normalized spacial score (nSPS) is 10.0. The zero-order valence-corrected chi connectivity index (χ0v) is 11.9. The van der Waals surface area contributed by atoms with Crippen LogP contribution < -0.4 is 14.8 Å². The summed E-state index contributed by atoms with van der Waals surface area (Å²) in [6, 6.07) is 4.97. The van der Waals surface area contributed by atoms with E-state index in [1.54, 1.807) is 18.2 Å². The number of halogens is 1. The van der Waals surface area contributed by atoms with Gasteiger partial charge in [0.1, 0.15) is 17.8 Å². The van der Waals surface area contributed by atoms with Crippen LogP contribution in [0, 0.1) is 10.1 Å². The van der Waals surface area contributed by atoms with Crippen LogP contribution in [0.25, 0.3) is 0 Å². The molecule has 2 rings (SSSR count). The molecule has 0 aliphatic rings. The van der Waals surface area contributed by atoms with E-state index in [1.165, 1.54) is 14.2 Å². The summed E-state index contributed by atoms with van der Waals surface area (Å²) in [6.45, 7) is 0. The number of nitrogens with zero attached hydrogens (tertiary/aromatic N) is 3. The lowest BCUT2D eigenvalue weighted by molar-refractivity contribution is -0.384. The van der Waals surface area contributed by atoms with E-state index in [4.69, 9.17) is 21.1 Å². The van der Waals surface area contributed by atoms with E-state index in [-0.39, 0.29) is 11.0 Å². The molecule has 9 heteroatoms. The largest absolute Gasteiger partial charge is 0.497 e. The van der Waals surface area contributed by atoms with E-state index >= 15 is 0 Å². The van der Waals surface area contributed by atoms with Gasteiger partial charge >= 0.3 is 5.69 Å². The number of ether oxygens (including phenoxy) is 2. The predicted molar refractivity (Wildman–Crippen MR) is 76.5 cm³/mol. The van der Waals surface area contributed by atoms with Gasteiger partial charge in [-0.05, 0) is 12.1 Å². The Labute approximate surface area is 124 Å². The van der Waals surface area contributed by atoms with Crippen molar-refractivity contribution in [2.75, 3.05) is 19.5 Å². The van der Waals surface area contributed by atoms with Gasteiger partial charge in [-0.2, -0.15) is 0 Å². The first kappa shape index (κ1) is 14.8. The summed E-state index contributed by atoms with van der Waals surface area (Å²) in [4.78, 5) is 17.8. The number of hydrogen-bond donors (Lipinski definition) is 1. The summed E-state index contributed by atoms with van der Waals surface area (Å²) in [5.74, 6) is 1.01. The first-order valence-electron chi connectivity index (χ1n) is 5.70. The molecule has 0 saturated heterocycles. The molecule has 0 spiro atoms. The average molecular weight is 311 g/mol. The van der Waals surface area contributed by atoms with E-state index in [1.807, 2.05) is 0 Å². The topological polar surface area (TPSA) is 99.4 Å². The van der Waals surface area contributed by atoms with E-state index in [9.17, 15) is 10.1 Å². The van der Waals surface area contributed by atoms with E-state index in [2.05, 4.69) is 15.3 Å². The Morgan fingerprint density at radius 3 is 2.67 bits per heavy atom. The SMILES string of the molecule is COc1ccc(Nc2ncnc(Cl)c2[N+](=O)[O-])c(OC)c1. The molecule has 0 aliphatic heterocycles. The molecule has 8 nitrogen and oxygen atoms in total. The molecule has 0 atom stereocenters. The summed E-state index contributed by atoms with van der Waals surface area (Å²) < 4.78 is 10.3. The number of rotatable bonds is 5. The molecule has 0 amide bonds. The molecule has 0 saturated carbocycles. The van der Waals surface area contributed by atoms with Crippen molar-refractivity contribution < 1.29 is 14.4 Å². The smallest absolute Gasteiger partial charge is 0.348 e. The van der Waals surface area contributed by atoms with Crippen LogP contribution in [0.5, 0.6) is 11.5 Å². The minimum Gasteiger partial charge on any atom is -0.497 e. The van der Waals surface area contributed by atoms with Crippen LogP contribution in [0.2, 0.25) is 5.15 Å². The van der Waals surface area contributed by atoms with Crippen LogP contribution in [0.4, 0.5) is 17.2 Å². The zero-order chi connectivity index (χ0) is 15.4. The Morgan fingerprint density at radius 1 is 1.29 bits per heavy atom. The lowest BCUT2D eigenvalue weighted by atomic mass is 10.2. The molecule has 0 fully saturated rings. The fourth-order valence-electron chi connectivity index (χ4n) is 1.64. The van der Waals surface area contributed by atoms with Crippen LogP contribution in [0.3, 0.4) is 0 Å². The predicted octanol–water partition coefficient (Wildman–Crippen LogP) is 2.80. The number of hydrogen-bond acceptors (Lipinski definition) is 7. The summed E-state index contributed by atoms with van der Waals surface area (Å²) >= 11 is 5.73. The van der Waals surface area contributed by atoms with Crippen LogP contribution >= 0.6 is 11.6 Å². The van der Waals surface area contributed by atoms with Gasteiger partial charge in [0.05, 0.1) is 24.8 Å². The highest BCUT2D eigenvalue weighted by Crippen LogP contribution is 2.35. The number of nitro groups is 1. The number of nitrogens with one attached hydrogen (secondary N) is 1. The van der Waals surface area contributed by atoms with Gasteiger partial charge in [0.25, 0.3) is 0 Å². The average Bonchev–Trinajstić information content (AvgIpc) is 2.47. The van der Waals surface area contributed by atoms with Gasteiger partial charge in [0, 0.05) is 6.07 Å². The summed E-state index contributed by atoms with van der Waals surface area (Å²) in [5, 5.41) is 13.6. The number of aromatic nitrogens is 2. The molecule has 0 aliphatic carbocycles. The molecule has 21 heavy (non-hydrogen) atoms. The highest BCUT2D eigenvalue weighted by atomic mass is 35.5. The van der Waals surface area contributed by atoms with Gasteiger partial charge in [-0.1, -0.05) is 11.6 Å². The standard InChI is InChI=1S/C12H11ClN4O4/c1-20-7-3-4-8(9(5-7)21-2)16-12-10(17(18)19)11(13)14-6-15-12/h3-6H,1-2H3,(H,14,15,16). The van der Waals surface area contributed by atoms with Crippen molar-refractivity contribution in [2.24, 2.45) is 0 Å². The van der Waals surface area contributed by atoms with Crippen molar-refractivity contribution in [1.29, 1.82) is 0 Å². The summed E-state index contributed by atoms with van der Waals surface area (Å²) in [6.07, 6.45) is 1.13. The Bertz CT molecular complexity index is 680. The van der Waals surface area contributed by atoms with E-state index in [0.717, 1.165) is 6.33 Å². The second kappa shape index (κ2) is 6.23. The Balaban J connectivity index is 2.43. The second-order valence-electron chi connectivity index (χ2n) is 3.81. The quantitative estimate of drug-likeness (QED) is 0.515. The lowest BCUT2D eigenvalue weighted by Crippen LogP contribution is -2.03. The van der Waals surface area contributed by atoms with Crippen molar-refractivity contribution in [3.63, 3.8) is 0 Å². The number of anilines is 2. The number of benzene rings is 1. The zero-order valence-electron chi connectivity index (χ0n) is 11.2. The van der Waals surface area contributed by atoms with Crippen LogP contribution in [-0.4, -0.2) is 29.1 Å². The van der Waals surface area contributed by atoms with Gasteiger partial charge in [-0.25, -0.2) is 9.97 Å². The second-order valence-corrected chi connectivity index (χ2v) is 4.17. The van der Waals surface area contributed by atoms with Crippen LogP contribution in [0.1, 0.15) is 0 Å². The van der Waals surface area contributed by atoms with Crippen molar-refractivity contribution in [2.45, 2.75) is 0 Å². The van der Waals surface area contributed by atoms with Crippen molar-refractivity contribution in [1.82, 2.24) is 9.97 Å². The van der Waals surface area contributed by atoms with Crippen molar-refractivity contribution in [3.05, 3.63) is 39.8 Å². The molecular weight excluding hydrogens is 300 g/mol. The molecule has 2 aromatic rings. The fourth-order valence-corrected chi connectivity index (χ4v) is 1.84. The third-order valence-corrected chi connectivity index (χ3v) is 2.90. The first-order valence-corrected chi connectivity index (χ1v) is 6.08. The van der Waals surface area contributed by atoms with Crippen LogP contribution in [-0.2, 0) is 0 Å². The molecule has 1 aromatic carbocycles. The van der Waals surface area contributed by atoms with Gasteiger partial charge in [-0.15, -0.1) is 0 Å².